The third-order valence-electron chi connectivity index (χ3n) is 4.72. The smallest absolute Gasteiger partial charge is 0.0535 e. The number of benzene rings is 1. The molecule has 1 saturated heterocycles. The highest BCUT2D eigenvalue weighted by molar-refractivity contribution is 7.10. The highest BCUT2D eigenvalue weighted by Crippen LogP contribution is 2.33. The molecular weight excluding hydrogens is 276 g/mol. The lowest BCUT2D eigenvalue weighted by Crippen LogP contribution is -2.60. The molecule has 2 heterocycles. The van der Waals surface area contributed by atoms with E-state index < -0.39 is 0 Å². The van der Waals surface area contributed by atoms with Gasteiger partial charge in [-0.2, -0.15) is 0 Å². The Kier molecular flexibility index (Phi) is 4.16. The van der Waals surface area contributed by atoms with Gasteiger partial charge in [0.25, 0.3) is 0 Å². The van der Waals surface area contributed by atoms with Crippen LogP contribution >= 0.6 is 11.3 Å². The predicted molar refractivity (Wildman–Crippen MR) is 90.7 cm³/mol. The topological polar surface area (TPSA) is 15.3 Å². The predicted octanol–water partition coefficient (Wildman–Crippen LogP) is 4.02. The Morgan fingerprint density at radius 2 is 2.00 bits per heavy atom. The van der Waals surface area contributed by atoms with Crippen LogP contribution in [-0.2, 0) is 5.54 Å². The SMILES string of the molecule is CC1CNC(C)(c2ccccc2)CN1C(C)c1cccs1. The van der Waals surface area contributed by atoms with E-state index in [2.05, 4.69) is 78.8 Å². The Balaban J connectivity index is 1.85. The first-order valence-electron chi connectivity index (χ1n) is 7.70. The Morgan fingerprint density at radius 1 is 1.24 bits per heavy atom. The van der Waals surface area contributed by atoms with Gasteiger partial charge in [-0.3, -0.25) is 4.90 Å². The number of rotatable bonds is 3. The summed E-state index contributed by atoms with van der Waals surface area (Å²) in [6, 6.07) is 16.3. The van der Waals surface area contributed by atoms with E-state index in [-0.39, 0.29) is 5.54 Å². The van der Waals surface area contributed by atoms with Crippen molar-refractivity contribution in [3.8, 4) is 0 Å². The molecule has 0 spiro atoms. The molecule has 2 aromatic rings. The van der Waals surface area contributed by atoms with Gasteiger partial charge in [-0.05, 0) is 37.8 Å². The van der Waals surface area contributed by atoms with Gasteiger partial charge in [0.1, 0.15) is 0 Å². The summed E-state index contributed by atoms with van der Waals surface area (Å²) >= 11 is 1.86. The maximum Gasteiger partial charge on any atom is 0.0535 e. The summed E-state index contributed by atoms with van der Waals surface area (Å²) in [5, 5.41) is 5.93. The van der Waals surface area contributed by atoms with E-state index in [1.807, 2.05) is 11.3 Å². The fourth-order valence-electron chi connectivity index (χ4n) is 3.28. The van der Waals surface area contributed by atoms with Gasteiger partial charge in [-0.1, -0.05) is 36.4 Å². The van der Waals surface area contributed by atoms with Crippen LogP contribution in [0.3, 0.4) is 0 Å². The van der Waals surface area contributed by atoms with Crippen LogP contribution in [0.2, 0.25) is 0 Å². The molecule has 112 valence electrons. The molecule has 1 aromatic heterocycles. The molecule has 21 heavy (non-hydrogen) atoms. The van der Waals surface area contributed by atoms with Crippen molar-refractivity contribution in [2.75, 3.05) is 13.1 Å². The van der Waals surface area contributed by atoms with E-state index in [0.29, 0.717) is 12.1 Å². The molecule has 1 aliphatic heterocycles. The van der Waals surface area contributed by atoms with Crippen LogP contribution < -0.4 is 5.32 Å². The Morgan fingerprint density at radius 3 is 2.67 bits per heavy atom. The van der Waals surface area contributed by atoms with Crippen LogP contribution in [0.25, 0.3) is 0 Å². The second kappa shape index (κ2) is 5.91. The standard InChI is InChI=1S/C18H24N2S/c1-14-12-19-18(3,16-8-5-4-6-9-16)13-20(14)15(2)17-10-7-11-21-17/h4-11,14-15,19H,12-13H2,1-3H3. The van der Waals surface area contributed by atoms with Gasteiger partial charge in [0, 0.05) is 30.1 Å². The highest BCUT2D eigenvalue weighted by atomic mass is 32.1. The van der Waals surface area contributed by atoms with Crippen molar-refractivity contribution < 1.29 is 0 Å². The molecular formula is C18H24N2S. The monoisotopic (exact) mass is 300 g/mol. The maximum absolute atomic E-state index is 3.75. The summed E-state index contributed by atoms with van der Waals surface area (Å²) in [6.45, 7) is 9.04. The van der Waals surface area contributed by atoms with Gasteiger partial charge in [0.15, 0.2) is 0 Å². The Hall–Kier alpha value is -1.16. The summed E-state index contributed by atoms with van der Waals surface area (Å²) in [6.07, 6.45) is 0. The summed E-state index contributed by atoms with van der Waals surface area (Å²) in [4.78, 5) is 4.09. The maximum atomic E-state index is 3.75. The lowest BCUT2D eigenvalue weighted by molar-refractivity contribution is 0.0615. The number of thiophene rings is 1. The first kappa shape index (κ1) is 14.8. The molecule has 0 amide bonds. The van der Waals surface area contributed by atoms with E-state index in [4.69, 9.17) is 0 Å². The molecule has 0 bridgehead atoms. The average molecular weight is 300 g/mol. The molecule has 1 aromatic carbocycles. The first-order valence-corrected chi connectivity index (χ1v) is 8.58. The highest BCUT2D eigenvalue weighted by Gasteiger charge is 2.37. The number of piperazine rings is 1. The van der Waals surface area contributed by atoms with Crippen LogP contribution in [-0.4, -0.2) is 24.0 Å². The Labute approximate surface area is 131 Å². The minimum Gasteiger partial charge on any atom is -0.305 e. The van der Waals surface area contributed by atoms with Crippen molar-refractivity contribution >= 4 is 11.3 Å². The van der Waals surface area contributed by atoms with Crippen LogP contribution in [0.4, 0.5) is 0 Å². The van der Waals surface area contributed by atoms with Gasteiger partial charge >= 0.3 is 0 Å². The fourth-order valence-corrected chi connectivity index (χ4v) is 4.08. The van der Waals surface area contributed by atoms with Crippen LogP contribution in [0, 0.1) is 0 Å². The zero-order chi connectivity index (χ0) is 14.9. The fraction of sp³-hybridized carbons (Fsp3) is 0.444. The van der Waals surface area contributed by atoms with E-state index in [9.17, 15) is 0 Å². The molecule has 1 fully saturated rings. The van der Waals surface area contributed by atoms with Crippen molar-refractivity contribution in [2.24, 2.45) is 0 Å². The third kappa shape index (κ3) is 2.91. The quantitative estimate of drug-likeness (QED) is 0.921. The van der Waals surface area contributed by atoms with Gasteiger partial charge in [0.2, 0.25) is 0 Å². The summed E-state index contributed by atoms with van der Waals surface area (Å²) in [5.41, 5.74) is 1.40. The minimum atomic E-state index is 0.0271. The number of nitrogens with one attached hydrogen (secondary N) is 1. The van der Waals surface area contributed by atoms with E-state index in [1.54, 1.807) is 0 Å². The van der Waals surface area contributed by atoms with Crippen LogP contribution in [0.15, 0.2) is 47.8 Å². The minimum absolute atomic E-state index is 0.0271. The van der Waals surface area contributed by atoms with E-state index in [1.165, 1.54) is 10.4 Å². The van der Waals surface area contributed by atoms with Gasteiger partial charge < -0.3 is 5.32 Å². The normalized spacial score (nSPS) is 28.4. The van der Waals surface area contributed by atoms with Crippen molar-refractivity contribution in [1.29, 1.82) is 0 Å². The summed E-state index contributed by atoms with van der Waals surface area (Å²) in [7, 11) is 0. The Bertz CT molecular complexity index is 566. The van der Waals surface area contributed by atoms with E-state index >= 15 is 0 Å². The van der Waals surface area contributed by atoms with Crippen molar-refractivity contribution in [3.63, 3.8) is 0 Å². The average Bonchev–Trinajstić information content (AvgIpc) is 3.04. The molecule has 0 aliphatic carbocycles. The van der Waals surface area contributed by atoms with E-state index in [0.717, 1.165) is 13.1 Å². The van der Waals surface area contributed by atoms with Gasteiger partial charge in [0.05, 0.1) is 5.54 Å². The number of nitrogens with zero attached hydrogens (tertiary/aromatic N) is 1. The van der Waals surface area contributed by atoms with Crippen molar-refractivity contribution in [1.82, 2.24) is 10.2 Å². The molecule has 0 saturated carbocycles. The first-order chi connectivity index (χ1) is 10.1. The largest absolute Gasteiger partial charge is 0.305 e. The molecule has 3 unspecified atom stereocenters. The number of hydrogen-bond acceptors (Lipinski definition) is 3. The zero-order valence-corrected chi connectivity index (χ0v) is 13.9. The molecule has 3 atom stereocenters. The number of hydrogen-bond donors (Lipinski definition) is 1. The summed E-state index contributed by atoms with van der Waals surface area (Å²) in [5.74, 6) is 0. The molecule has 0 radical (unpaired) electrons. The molecule has 1 aliphatic rings. The van der Waals surface area contributed by atoms with Crippen molar-refractivity contribution in [2.45, 2.75) is 38.4 Å². The van der Waals surface area contributed by atoms with Crippen LogP contribution in [0.1, 0.15) is 37.3 Å². The lowest BCUT2D eigenvalue weighted by Gasteiger charge is -2.47. The zero-order valence-electron chi connectivity index (χ0n) is 13.0. The molecule has 3 rings (SSSR count). The molecule has 1 N–H and O–H groups in total. The van der Waals surface area contributed by atoms with Crippen molar-refractivity contribution in [3.05, 3.63) is 58.3 Å². The van der Waals surface area contributed by atoms with Gasteiger partial charge in [-0.25, -0.2) is 0 Å². The molecule has 2 nitrogen and oxygen atoms in total. The summed E-state index contributed by atoms with van der Waals surface area (Å²) < 4.78 is 0. The molecule has 3 heteroatoms. The second-order valence-corrected chi connectivity index (χ2v) is 7.27. The lowest BCUT2D eigenvalue weighted by atomic mass is 9.87. The van der Waals surface area contributed by atoms with Gasteiger partial charge in [-0.15, -0.1) is 11.3 Å². The van der Waals surface area contributed by atoms with Crippen LogP contribution in [0.5, 0.6) is 0 Å². The second-order valence-electron chi connectivity index (χ2n) is 6.29. The third-order valence-corrected chi connectivity index (χ3v) is 5.76.